The summed E-state index contributed by atoms with van der Waals surface area (Å²) in [5.41, 5.74) is 8.59. The van der Waals surface area contributed by atoms with Gasteiger partial charge in [-0.3, -0.25) is 0 Å². The van der Waals surface area contributed by atoms with Crippen molar-refractivity contribution in [2.45, 2.75) is 37.8 Å². The van der Waals surface area contributed by atoms with Crippen LogP contribution in [-0.4, -0.2) is 5.60 Å². The van der Waals surface area contributed by atoms with Gasteiger partial charge in [0.05, 0.1) is 0 Å². The van der Waals surface area contributed by atoms with Crippen LogP contribution in [0.3, 0.4) is 0 Å². The summed E-state index contributed by atoms with van der Waals surface area (Å²) in [6, 6.07) is 16.7. The summed E-state index contributed by atoms with van der Waals surface area (Å²) in [5.74, 6) is 0.915. The maximum absolute atomic E-state index is 6.35. The van der Waals surface area contributed by atoms with Crippen LogP contribution in [0.25, 0.3) is 0 Å². The molecule has 110 valence electrons. The zero-order valence-corrected chi connectivity index (χ0v) is 13.8. The Morgan fingerprint density at radius 1 is 1.24 bits per heavy atom. The van der Waals surface area contributed by atoms with Crippen molar-refractivity contribution in [3.63, 3.8) is 0 Å². The Bertz CT molecular complexity index is 628. The summed E-state index contributed by atoms with van der Waals surface area (Å²) in [7, 11) is 0. The topological polar surface area (TPSA) is 35.2 Å². The zero-order chi connectivity index (χ0) is 14.9. The van der Waals surface area contributed by atoms with Gasteiger partial charge in [0.1, 0.15) is 11.4 Å². The molecule has 1 aliphatic rings. The minimum Gasteiger partial charge on any atom is -0.487 e. The van der Waals surface area contributed by atoms with Crippen molar-refractivity contribution in [1.82, 2.24) is 0 Å². The number of benzene rings is 2. The fraction of sp³-hybridized carbons (Fsp3) is 0.333. The molecule has 0 bridgehead atoms. The van der Waals surface area contributed by atoms with Gasteiger partial charge in [-0.2, -0.15) is 0 Å². The second-order valence-electron chi connectivity index (χ2n) is 6.03. The van der Waals surface area contributed by atoms with Crippen LogP contribution < -0.4 is 10.5 Å². The van der Waals surface area contributed by atoms with E-state index in [4.69, 9.17) is 10.5 Å². The van der Waals surface area contributed by atoms with E-state index in [1.807, 2.05) is 18.2 Å². The lowest BCUT2D eigenvalue weighted by Gasteiger charge is -2.39. The van der Waals surface area contributed by atoms with Crippen LogP contribution in [0.1, 0.15) is 36.9 Å². The molecule has 0 aromatic heterocycles. The van der Waals surface area contributed by atoms with Crippen LogP contribution in [0.5, 0.6) is 5.75 Å². The van der Waals surface area contributed by atoms with Crippen molar-refractivity contribution in [1.29, 1.82) is 0 Å². The van der Waals surface area contributed by atoms with Gasteiger partial charge in [0, 0.05) is 22.5 Å². The summed E-state index contributed by atoms with van der Waals surface area (Å²) in [4.78, 5) is 0. The first kappa shape index (κ1) is 14.6. The van der Waals surface area contributed by atoms with Gasteiger partial charge in [-0.05, 0) is 37.5 Å². The van der Waals surface area contributed by atoms with Gasteiger partial charge in [0.2, 0.25) is 0 Å². The summed E-state index contributed by atoms with van der Waals surface area (Å²) in [5, 5.41) is 0. The molecule has 2 aromatic carbocycles. The first-order valence-electron chi connectivity index (χ1n) is 7.34. The molecule has 1 aliphatic heterocycles. The minimum atomic E-state index is -0.205. The number of nitrogens with two attached hydrogens (primary N) is 1. The maximum atomic E-state index is 6.35. The molecule has 0 saturated carbocycles. The van der Waals surface area contributed by atoms with Crippen LogP contribution in [-0.2, 0) is 6.42 Å². The van der Waals surface area contributed by atoms with Crippen LogP contribution in [0.4, 0.5) is 0 Å². The van der Waals surface area contributed by atoms with Gasteiger partial charge >= 0.3 is 0 Å². The van der Waals surface area contributed by atoms with Crippen molar-refractivity contribution in [2.24, 2.45) is 5.73 Å². The number of hydrogen-bond donors (Lipinski definition) is 1. The standard InChI is InChI=1S/C18H20BrNO/c1-18(10-9-13-5-3-2-4-6-13)12-16(20)15-8-7-14(19)11-17(15)21-18/h2-8,11,16H,9-10,12,20H2,1H3/t16-,18?/m1/s1. The lowest BCUT2D eigenvalue weighted by molar-refractivity contribution is 0.0458. The third-order valence-corrected chi connectivity index (χ3v) is 4.66. The maximum Gasteiger partial charge on any atom is 0.126 e. The van der Waals surface area contributed by atoms with Gasteiger partial charge in [0.15, 0.2) is 0 Å². The van der Waals surface area contributed by atoms with Crippen molar-refractivity contribution in [3.8, 4) is 5.75 Å². The fourth-order valence-corrected chi connectivity index (χ4v) is 3.33. The number of halogens is 1. The molecule has 2 N–H and O–H groups in total. The van der Waals surface area contributed by atoms with Gasteiger partial charge in [-0.25, -0.2) is 0 Å². The lowest BCUT2D eigenvalue weighted by Crippen LogP contribution is -2.40. The summed E-state index contributed by atoms with van der Waals surface area (Å²) in [6.45, 7) is 2.17. The Morgan fingerprint density at radius 2 is 2.00 bits per heavy atom. The van der Waals surface area contributed by atoms with E-state index >= 15 is 0 Å². The third-order valence-electron chi connectivity index (χ3n) is 4.17. The number of fused-ring (bicyclic) bond motifs is 1. The second kappa shape index (κ2) is 5.82. The summed E-state index contributed by atoms with van der Waals surface area (Å²) < 4.78 is 7.31. The number of hydrogen-bond acceptors (Lipinski definition) is 2. The molecule has 2 atom stereocenters. The van der Waals surface area contributed by atoms with E-state index in [-0.39, 0.29) is 11.6 Å². The van der Waals surface area contributed by atoms with Crippen LogP contribution in [0, 0.1) is 0 Å². The van der Waals surface area contributed by atoms with E-state index in [0.717, 1.165) is 35.0 Å². The van der Waals surface area contributed by atoms with E-state index in [1.54, 1.807) is 0 Å². The molecule has 3 rings (SSSR count). The third kappa shape index (κ3) is 3.30. The van der Waals surface area contributed by atoms with Crippen LogP contribution >= 0.6 is 15.9 Å². The van der Waals surface area contributed by atoms with Crippen molar-refractivity contribution < 1.29 is 4.74 Å². The molecule has 0 spiro atoms. The molecule has 1 heterocycles. The Balaban J connectivity index is 1.77. The SMILES string of the molecule is CC1(CCc2ccccc2)C[C@@H](N)c2ccc(Br)cc2O1. The molecule has 2 nitrogen and oxygen atoms in total. The molecule has 0 amide bonds. The lowest BCUT2D eigenvalue weighted by atomic mass is 9.85. The van der Waals surface area contributed by atoms with Gasteiger partial charge in [-0.1, -0.05) is 52.3 Å². The average molecular weight is 346 g/mol. The van der Waals surface area contributed by atoms with Crippen molar-refractivity contribution in [2.75, 3.05) is 0 Å². The molecule has 21 heavy (non-hydrogen) atoms. The Hall–Kier alpha value is -1.32. The molecule has 0 radical (unpaired) electrons. The summed E-state index contributed by atoms with van der Waals surface area (Å²) in [6.07, 6.45) is 2.83. The number of rotatable bonds is 3. The average Bonchev–Trinajstić information content (AvgIpc) is 2.46. The molecule has 2 aromatic rings. The number of ether oxygens (including phenoxy) is 1. The quantitative estimate of drug-likeness (QED) is 0.880. The molecule has 3 heteroatoms. The predicted octanol–water partition coefficient (Wildman–Crippen LogP) is 4.62. The molecule has 1 unspecified atom stereocenters. The second-order valence-corrected chi connectivity index (χ2v) is 6.95. The van der Waals surface area contributed by atoms with E-state index in [2.05, 4.69) is 53.2 Å². The van der Waals surface area contributed by atoms with Gasteiger partial charge < -0.3 is 10.5 Å². The fourth-order valence-electron chi connectivity index (χ4n) is 2.99. The van der Waals surface area contributed by atoms with Crippen LogP contribution in [0.2, 0.25) is 0 Å². The number of aryl methyl sites for hydroxylation is 1. The minimum absolute atomic E-state index is 0.0441. The van der Waals surface area contributed by atoms with Crippen molar-refractivity contribution in [3.05, 3.63) is 64.1 Å². The van der Waals surface area contributed by atoms with Crippen LogP contribution in [0.15, 0.2) is 53.0 Å². The zero-order valence-electron chi connectivity index (χ0n) is 12.2. The molecule has 0 saturated heterocycles. The van der Waals surface area contributed by atoms with Gasteiger partial charge in [0.25, 0.3) is 0 Å². The Labute approximate surface area is 134 Å². The van der Waals surface area contributed by atoms with Gasteiger partial charge in [-0.15, -0.1) is 0 Å². The monoisotopic (exact) mass is 345 g/mol. The predicted molar refractivity (Wildman–Crippen MR) is 89.5 cm³/mol. The van der Waals surface area contributed by atoms with E-state index in [0.29, 0.717) is 0 Å². The van der Waals surface area contributed by atoms with E-state index in [1.165, 1.54) is 5.56 Å². The largest absolute Gasteiger partial charge is 0.487 e. The first-order valence-corrected chi connectivity index (χ1v) is 8.13. The molecular weight excluding hydrogens is 326 g/mol. The van der Waals surface area contributed by atoms with E-state index < -0.39 is 0 Å². The van der Waals surface area contributed by atoms with Crippen molar-refractivity contribution >= 4 is 15.9 Å². The smallest absolute Gasteiger partial charge is 0.126 e. The highest BCUT2D eigenvalue weighted by molar-refractivity contribution is 9.10. The highest BCUT2D eigenvalue weighted by Crippen LogP contribution is 2.41. The highest BCUT2D eigenvalue weighted by atomic mass is 79.9. The highest BCUT2D eigenvalue weighted by Gasteiger charge is 2.35. The first-order chi connectivity index (χ1) is 10.1. The van der Waals surface area contributed by atoms with E-state index in [9.17, 15) is 0 Å². The summed E-state index contributed by atoms with van der Waals surface area (Å²) >= 11 is 3.50. The Kier molecular flexibility index (Phi) is 4.05. The molecule has 0 fully saturated rings. The molecular formula is C18H20BrNO. The molecule has 0 aliphatic carbocycles. The Morgan fingerprint density at radius 3 is 2.76 bits per heavy atom. The normalized spacial score (nSPS) is 24.2.